The van der Waals surface area contributed by atoms with Gasteiger partial charge in [0.2, 0.25) is 0 Å². The maximum atomic E-state index is 13.2. The minimum atomic E-state index is -0.333. The van der Waals surface area contributed by atoms with Gasteiger partial charge in [0, 0.05) is 15.6 Å². The van der Waals surface area contributed by atoms with Crippen LogP contribution in [-0.4, -0.2) is 23.2 Å². The molecule has 0 N–H and O–H groups in total. The van der Waals surface area contributed by atoms with Crippen LogP contribution in [0.2, 0.25) is 10.0 Å². The number of methoxy groups -OCH3 is 1. The first-order chi connectivity index (χ1) is 18.3. The Morgan fingerprint density at radius 3 is 2.55 bits per heavy atom. The van der Waals surface area contributed by atoms with E-state index in [4.69, 9.17) is 32.7 Å². The highest BCUT2D eigenvalue weighted by Crippen LogP contribution is 2.40. The number of ether oxygens (including phenoxy) is 2. The van der Waals surface area contributed by atoms with E-state index in [1.165, 1.54) is 12.0 Å². The first-order valence-corrected chi connectivity index (χ1v) is 13.9. The van der Waals surface area contributed by atoms with Gasteiger partial charge in [-0.05, 0) is 79.9 Å². The van der Waals surface area contributed by atoms with Crippen LogP contribution < -0.4 is 9.47 Å². The Morgan fingerprint density at radius 1 is 0.974 bits per heavy atom. The molecule has 38 heavy (non-hydrogen) atoms. The zero-order chi connectivity index (χ0) is 26.8. The Bertz CT molecular complexity index is 1600. The molecule has 4 aromatic carbocycles. The molecule has 0 unspecified atom stereocenters. The molecule has 0 saturated carbocycles. The standard InChI is InChI=1S/C29H20BrCl2NO4S/c1-36-25-12-17(11-23(30)27(25)37-16-20-9-10-21(31)14-24(20)32)13-26-28(34)33(29(35)38-26)15-19-7-4-6-18-5-2-3-8-22(18)19/h2-14H,15-16H2,1H3/b26-13+. The average Bonchev–Trinajstić information content (AvgIpc) is 3.16. The molecule has 1 heterocycles. The van der Waals surface area contributed by atoms with Gasteiger partial charge in [0.15, 0.2) is 11.5 Å². The molecule has 1 aliphatic heterocycles. The summed E-state index contributed by atoms with van der Waals surface area (Å²) in [5, 5.41) is 2.82. The molecule has 2 amide bonds. The molecule has 1 fully saturated rings. The lowest BCUT2D eigenvalue weighted by Crippen LogP contribution is -2.27. The number of carbonyl (C=O) groups excluding carboxylic acids is 2. The molecule has 5 rings (SSSR count). The van der Waals surface area contributed by atoms with E-state index in [2.05, 4.69) is 15.9 Å². The van der Waals surface area contributed by atoms with Crippen molar-refractivity contribution in [2.24, 2.45) is 0 Å². The van der Waals surface area contributed by atoms with Crippen LogP contribution in [0.15, 0.2) is 82.2 Å². The van der Waals surface area contributed by atoms with E-state index in [1.807, 2.05) is 42.5 Å². The molecule has 1 saturated heterocycles. The van der Waals surface area contributed by atoms with E-state index >= 15 is 0 Å². The normalized spacial score (nSPS) is 14.5. The Balaban J connectivity index is 1.37. The van der Waals surface area contributed by atoms with Gasteiger partial charge >= 0.3 is 0 Å². The number of fused-ring (bicyclic) bond motifs is 1. The number of rotatable bonds is 7. The van der Waals surface area contributed by atoms with Crippen LogP contribution in [0.25, 0.3) is 16.8 Å². The molecule has 0 radical (unpaired) electrons. The van der Waals surface area contributed by atoms with Gasteiger partial charge in [-0.15, -0.1) is 0 Å². The van der Waals surface area contributed by atoms with E-state index < -0.39 is 0 Å². The van der Waals surface area contributed by atoms with Crippen LogP contribution in [0.5, 0.6) is 11.5 Å². The SMILES string of the molecule is COc1cc(/C=C2/SC(=O)N(Cc3cccc4ccccc34)C2=O)cc(Br)c1OCc1ccc(Cl)cc1Cl. The lowest BCUT2D eigenvalue weighted by Gasteiger charge is -2.15. The third-order valence-corrected chi connectivity index (χ3v) is 8.10. The molecule has 0 aromatic heterocycles. The third-order valence-electron chi connectivity index (χ3n) is 6.02. The van der Waals surface area contributed by atoms with Crippen molar-refractivity contribution in [1.82, 2.24) is 4.90 Å². The summed E-state index contributed by atoms with van der Waals surface area (Å²) in [5.74, 6) is 0.617. The summed E-state index contributed by atoms with van der Waals surface area (Å²) >= 11 is 16.7. The minimum Gasteiger partial charge on any atom is -0.493 e. The summed E-state index contributed by atoms with van der Waals surface area (Å²) in [6, 6.07) is 22.6. The first-order valence-electron chi connectivity index (χ1n) is 11.5. The highest BCUT2D eigenvalue weighted by molar-refractivity contribution is 9.10. The van der Waals surface area contributed by atoms with Crippen LogP contribution in [-0.2, 0) is 17.9 Å². The van der Waals surface area contributed by atoms with Crippen LogP contribution in [0.1, 0.15) is 16.7 Å². The van der Waals surface area contributed by atoms with Crippen LogP contribution in [0.4, 0.5) is 4.79 Å². The fraction of sp³-hybridized carbons (Fsp3) is 0.103. The third kappa shape index (κ3) is 5.57. The van der Waals surface area contributed by atoms with Crippen molar-refractivity contribution in [1.29, 1.82) is 0 Å². The largest absolute Gasteiger partial charge is 0.493 e. The summed E-state index contributed by atoms with van der Waals surface area (Å²) in [5.41, 5.74) is 2.37. The number of amides is 2. The molecule has 0 bridgehead atoms. The van der Waals surface area contributed by atoms with Gasteiger partial charge in [0.25, 0.3) is 11.1 Å². The molecule has 5 nitrogen and oxygen atoms in total. The van der Waals surface area contributed by atoms with E-state index in [0.717, 1.165) is 33.7 Å². The minimum absolute atomic E-state index is 0.205. The molecular weight excluding hydrogens is 609 g/mol. The Hall–Kier alpha value is -2.97. The van der Waals surface area contributed by atoms with E-state index in [0.29, 0.717) is 36.5 Å². The number of imide groups is 1. The van der Waals surface area contributed by atoms with Crippen LogP contribution >= 0.6 is 50.9 Å². The summed E-state index contributed by atoms with van der Waals surface area (Å²) in [4.78, 5) is 27.6. The molecular formula is C29H20BrCl2NO4S. The number of hydrogen-bond donors (Lipinski definition) is 0. The van der Waals surface area contributed by atoms with Crippen molar-refractivity contribution in [2.45, 2.75) is 13.2 Å². The van der Waals surface area contributed by atoms with Gasteiger partial charge in [-0.3, -0.25) is 14.5 Å². The molecule has 0 aliphatic carbocycles. The summed E-state index contributed by atoms with van der Waals surface area (Å²) in [6.07, 6.45) is 1.68. The summed E-state index contributed by atoms with van der Waals surface area (Å²) in [6.45, 7) is 0.410. The fourth-order valence-corrected chi connectivity index (χ4v) is 6.02. The number of thioether (sulfide) groups is 1. The number of benzene rings is 4. The van der Waals surface area contributed by atoms with Crippen molar-refractivity contribution in [3.8, 4) is 11.5 Å². The molecule has 9 heteroatoms. The van der Waals surface area contributed by atoms with Crippen molar-refractivity contribution >= 4 is 78.9 Å². The lowest BCUT2D eigenvalue weighted by atomic mass is 10.0. The highest BCUT2D eigenvalue weighted by atomic mass is 79.9. The molecule has 4 aromatic rings. The Morgan fingerprint density at radius 2 is 1.76 bits per heavy atom. The molecule has 1 aliphatic rings. The van der Waals surface area contributed by atoms with Gasteiger partial charge in [0.05, 0.1) is 23.0 Å². The van der Waals surface area contributed by atoms with Crippen molar-refractivity contribution < 1.29 is 19.1 Å². The van der Waals surface area contributed by atoms with Crippen LogP contribution in [0, 0.1) is 0 Å². The average molecular weight is 629 g/mol. The Kier molecular flexibility index (Phi) is 8.00. The van der Waals surface area contributed by atoms with Gasteiger partial charge in [-0.1, -0.05) is 71.7 Å². The zero-order valence-corrected chi connectivity index (χ0v) is 24.0. The first kappa shape index (κ1) is 26.6. The topological polar surface area (TPSA) is 55.8 Å². The second-order valence-corrected chi connectivity index (χ2v) is 11.2. The monoisotopic (exact) mass is 627 g/mol. The second-order valence-electron chi connectivity index (χ2n) is 8.46. The number of carbonyl (C=O) groups is 2. The smallest absolute Gasteiger partial charge is 0.293 e. The van der Waals surface area contributed by atoms with Crippen LogP contribution in [0.3, 0.4) is 0 Å². The van der Waals surface area contributed by atoms with Gasteiger partial charge in [0.1, 0.15) is 6.61 Å². The fourth-order valence-electron chi connectivity index (χ4n) is 4.14. The predicted octanol–water partition coefficient (Wildman–Crippen LogP) is 8.73. The number of halogens is 3. The van der Waals surface area contributed by atoms with E-state index in [1.54, 1.807) is 36.4 Å². The van der Waals surface area contributed by atoms with Gasteiger partial charge in [-0.25, -0.2) is 0 Å². The van der Waals surface area contributed by atoms with Gasteiger partial charge in [-0.2, -0.15) is 0 Å². The quantitative estimate of drug-likeness (QED) is 0.192. The van der Waals surface area contributed by atoms with E-state index in [-0.39, 0.29) is 24.3 Å². The predicted molar refractivity (Wildman–Crippen MR) is 157 cm³/mol. The number of nitrogens with zero attached hydrogens (tertiary/aromatic N) is 1. The second kappa shape index (κ2) is 11.4. The van der Waals surface area contributed by atoms with Crippen molar-refractivity contribution in [2.75, 3.05) is 7.11 Å². The molecule has 0 atom stereocenters. The van der Waals surface area contributed by atoms with Crippen molar-refractivity contribution in [3.05, 3.63) is 109 Å². The summed E-state index contributed by atoms with van der Waals surface area (Å²) in [7, 11) is 1.53. The Labute approximate surface area is 242 Å². The van der Waals surface area contributed by atoms with Crippen molar-refractivity contribution in [3.63, 3.8) is 0 Å². The lowest BCUT2D eigenvalue weighted by molar-refractivity contribution is -0.123. The van der Waals surface area contributed by atoms with E-state index in [9.17, 15) is 9.59 Å². The highest BCUT2D eigenvalue weighted by Gasteiger charge is 2.35. The maximum absolute atomic E-state index is 13.2. The molecule has 0 spiro atoms. The summed E-state index contributed by atoms with van der Waals surface area (Å²) < 4.78 is 12.2. The maximum Gasteiger partial charge on any atom is 0.293 e. The molecule has 192 valence electrons. The van der Waals surface area contributed by atoms with Gasteiger partial charge < -0.3 is 9.47 Å². The zero-order valence-electron chi connectivity index (χ0n) is 20.0. The number of hydrogen-bond acceptors (Lipinski definition) is 5.